The van der Waals surface area contributed by atoms with Crippen molar-refractivity contribution < 1.29 is 17.9 Å². The molecule has 1 N–H and O–H groups in total. The predicted molar refractivity (Wildman–Crippen MR) is 107 cm³/mol. The van der Waals surface area contributed by atoms with E-state index in [2.05, 4.69) is 15.3 Å². The summed E-state index contributed by atoms with van der Waals surface area (Å²) in [6, 6.07) is 14.3. The lowest BCUT2D eigenvalue weighted by molar-refractivity contribution is 0.0957. The Labute approximate surface area is 172 Å². The molecule has 1 amide bonds. The van der Waals surface area contributed by atoms with Crippen molar-refractivity contribution in [2.75, 3.05) is 11.4 Å². The molecule has 3 aromatic rings. The normalized spacial score (nSPS) is 14.3. The smallest absolute Gasteiger partial charge is 0.324 e. The predicted octanol–water partition coefficient (Wildman–Crippen LogP) is 2.99. The van der Waals surface area contributed by atoms with E-state index in [0.29, 0.717) is 16.3 Å². The van der Waals surface area contributed by atoms with Crippen molar-refractivity contribution in [1.82, 2.24) is 15.3 Å². The Morgan fingerprint density at radius 2 is 1.86 bits per heavy atom. The number of hydrogen-bond donors (Lipinski definition) is 1. The lowest BCUT2D eigenvalue weighted by Gasteiger charge is -2.17. The average Bonchev–Trinajstić information content (AvgIpc) is 3.00. The number of ether oxygens (including phenoxy) is 1. The highest BCUT2D eigenvalue weighted by molar-refractivity contribution is 7.93. The van der Waals surface area contributed by atoms with Gasteiger partial charge in [0.15, 0.2) is 5.82 Å². The fourth-order valence-electron chi connectivity index (χ4n) is 2.89. The molecule has 0 spiro atoms. The third-order valence-electron chi connectivity index (χ3n) is 4.28. The SMILES string of the molecule is CNC(=O)c1cc(N2Cc3ccccc3S2(=O)=O)nc(Oc2ccc(Cl)cc2)n1. The fraction of sp³-hybridized carbons (Fsp3) is 0.105. The summed E-state index contributed by atoms with van der Waals surface area (Å²) in [5, 5.41) is 2.99. The Morgan fingerprint density at radius 3 is 2.55 bits per heavy atom. The third kappa shape index (κ3) is 3.62. The number of nitrogens with zero attached hydrogens (tertiary/aromatic N) is 3. The molecule has 29 heavy (non-hydrogen) atoms. The van der Waals surface area contributed by atoms with Crippen molar-refractivity contribution in [3.63, 3.8) is 0 Å². The van der Waals surface area contributed by atoms with Crippen molar-refractivity contribution in [3.8, 4) is 11.8 Å². The third-order valence-corrected chi connectivity index (χ3v) is 6.39. The lowest BCUT2D eigenvalue weighted by Crippen LogP contribution is -2.26. The van der Waals surface area contributed by atoms with E-state index in [1.54, 1.807) is 42.5 Å². The first kappa shape index (κ1) is 19.2. The van der Waals surface area contributed by atoms with Crippen LogP contribution in [0.1, 0.15) is 16.1 Å². The van der Waals surface area contributed by atoms with E-state index in [4.69, 9.17) is 16.3 Å². The number of sulfonamides is 1. The Bertz CT molecular complexity index is 1200. The summed E-state index contributed by atoms with van der Waals surface area (Å²) in [6.45, 7) is 0.100. The molecule has 0 radical (unpaired) electrons. The lowest BCUT2D eigenvalue weighted by atomic mass is 10.2. The molecule has 10 heteroatoms. The summed E-state index contributed by atoms with van der Waals surface area (Å²) < 4.78 is 32.7. The number of carbonyl (C=O) groups excluding carboxylic acids is 1. The molecule has 1 aliphatic heterocycles. The molecule has 0 fully saturated rings. The standard InChI is InChI=1S/C19H15ClN4O4S/c1-21-18(25)15-10-17(23-19(22-15)28-14-8-6-13(20)7-9-14)24-11-12-4-2-3-5-16(12)29(24,26)27/h2-10H,11H2,1H3,(H,21,25). The summed E-state index contributed by atoms with van der Waals surface area (Å²) in [7, 11) is -2.35. The summed E-state index contributed by atoms with van der Waals surface area (Å²) >= 11 is 5.87. The minimum atomic E-state index is -3.81. The zero-order chi connectivity index (χ0) is 20.6. The number of halogens is 1. The summed E-state index contributed by atoms with van der Waals surface area (Å²) in [4.78, 5) is 20.7. The van der Waals surface area contributed by atoms with Gasteiger partial charge in [-0.15, -0.1) is 0 Å². The molecule has 2 aromatic carbocycles. The zero-order valence-electron chi connectivity index (χ0n) is 15.2. The van der Waals surface area contributed by atoms with Crippen LogP contribution < -0.4 is 14.4 Å². The Balaban J connectivity index is 1.77. The molecular weight excluding hydrogens is 416 g/mol. The van der Waals surface area contributed by atoms with Crippen LogP contribution in [0.4, 0.5) is 5.82 Å². The number of nitrogens with one attached hydrogen (secondary N) is 1. The van der Waals surface area contributed by atoms with Gasteiger partial charge in [-0.1, -0.05) is 29.8 Å². The van der Waals surface area contributed by atoms with Crippen molar-refractivity contribution in [2.24, 2.45) is 0 Å². The van der Waals surface area contributed by atoms with Crippen molar-refractivity contribution >= 4 is 33.3 Å². The van der Waals surface area contributed by atoms with Crippen LogP contribution in [-0.4, -0.2) is 31.3 Å². The molecule has 1 aliphatic rings. The molecule has 2 heterocycles. The quantitative estimate of drug-likeness (QED) is 0.682. The van der Waals surface area contributed by atoms with E-state index in [-0.39, 0.29) is 29.0 Å². The van der Waals surface area contributed by atoms with Crippen LogP contribution in [-0.2, 0) is 16.6 Å². The highest BCUT2D eigenvalue weighted by atomic mass is 35.5. The number of anilines is 1. The van der Waals surface area contributed by atoms with Gasteiger partial charge in [-0.3, -0.25) is 4.79 Å². The first-order valence-electron chi connectivity index (χ1n) is 8.54. The maximum atomic E-state index is 13.0. The van der Waals surface area contributed by atoms with Gasteiger partial charge >= 0.3 is 6.01 Å². The second-order valence-corrected chi connectivity index (χ2v) is 8.42. The summed E-state index contributed by atoms with van der Waals surface area (Å²) in [5.41, 5.74) is 0.625. The monoisotopic (exact) mass is 430 g/mol. The Hall–Kier alpha value is -3.17. The topological polar surface area (TPSA) is 101 Å². The van der Waals surface area contributed by atoms with Crippen LogP contribution in [0.2, 0.25) is 5.02 Å². The van der Waals surface area contributed by atoms with E-state index >= 15 is 0 Å². The number of fused-ring (bicyclic) bond motifs is 1. The molecule has 4 rings (SSSR count). The molecule has 0 atom stereocenters. The van der Waals surface area contributed by atoms with Crippen molar-refractivity contribution in [1.29, 1.82) is 0 Å². The molecular formula is C19H15ClN4O4S. The van der Waals surface area contributed by atoms with Gasteiger partial charge in [-0.05, 0) is 35.9 Å². The maximum Gasteiger partial charge on any atom is 0.324 e. The fourth-order valence-corrected chi connectivity index (χ4v) is 4.61. The van der Waals surface area contributed by atoms with Gasteiger partial charge in [0.25, 0.3) is 15.9 Å². The van der Waals surface area contributed by atoms with Gasteiger partial charge in [0.2, 0.25) is 0 Å². The number of hydrogen-bond acceptors (Lipinski definition) is 6. The van der Waals surface area contributed by atoms with E-state index in [0.717, 1.165) is 4.31 Å². The number of amides is 1. The minimum absolute atomic E-state index is 0.0207. The van der Waals surface area contributed by atoms with Crippen LogP contribution in [0.3, 0.4) is 0 Å². The minimum Gasteiger partial charge on any atom is -0.424 e. The Morgan fingerprint density at radius 1 is 1.14 bits per heavy atom. The number of rotatable bonds is 4. The van der Waals surface area contributed by atoms with Crippen LogP contribution in [0, 0.1) is 0 Å². The molecule has 0 aliphatic carbocycles. The largest absolute Gasteiger partial charge is 0.424 e. The first-order chi connectivity index (χ1) is 13.9. The van der Waals surface area contributed by atoms with Crippen molar-refractivity contribution in [2.45, 2.75) is 11.4 Å². The molecule has 0 saturated carbocycles. The molecule has 0 bridgehead atoms. The summed E-state index contributed by atoms with van der Waals surface area (Å²) in [5.74, 6) is -0.0653. The highest BCUT2D eigenvalue weighted by Crippen LogP contribution is 2.34. The Kier molecular flexibility index (Phi) is 4.85. The van der Waals surface area contributed by atoms with Crippen LogP contribution in [0.25, 0.3) is 0 Å². The van der Waals surface area contributed by atoms with Gasteiger partial charge in [0.05, 0.1) is 11.4 Å². The van der Waals surface area contributed by atoms with Crippen LogP contribution >= 0.6 is 11.6 Å². The summed E-state index contributed by atoms with van der Waals surface area (Å²) in [6.07, 6.45) is 0. The molecule has 0 unspecified atom stereocenters. The van der Waals surface area contributed by atoms with Crippen LogP contribution in [0.5, 0.6) is 11.8 Å². The van der Waals surface area contributed by atoms with Gasteiger partial charge in [0.1, 0.15) is 11.4 Å². The van der Waals surface area contributed by atoms with Crippen LogP contribution in [0.15, 0.2) is 59.5 Å². The molecule has 148 valence electrons. The van der Waals surface area contributed by atoms with E-state index in [9.17, 15) is 13.2 Å². The van der Waals surface area contributed by atoms with Gasteiger partial charge in [-0.25, -0.2) is 12.7 Å². The molecule has 1 aromatic heterocycles. The highest BCUT2D eigenvalue weighted by Gasteiger charge is 2.36. The maximum absolute atomic E-state index is 13.0. The average molecular weight is 431 g/mol. The van der Waals surface area contributed by atoms with Gasteiger partial charge in [-0.2, -0.15) is 9.97 Å². The molecule has 8 nitrogen and oxygen atoms in total. The van der Waals surface area contributed by atoms with Gasteiger partial charge < -0.3 is 10.1 Å². The zero-order valence-corrected chi connectivity index (χ0v) is 16.7. The van der Waals surface area contributed by atoms with E-state index in [1.807, 2.05) is 0 Å². The number of carbonyl (C=O) groups is 1. The van der Waals surface area contributed by atoms with E-state index < -0.39 is 15.9 Å². The number of aromatic nitrogens is 2. The molecule has 0 saturated heterocycles. The van der Waals surface area contributed by atoms with E-state index in [1.165, 1.54) is 19.2 Å². The second-order valence-electron chi connectivity index (χ2n) is 6.15. The van der Waals surface area contributed by atoms with Crippen molar-refractivity contribution in [3.05, 3.63) is 70.9 Å². The van der Waals surface area contributed by atoms with Gasteiger partial charge in [0, 0.05) is 18.1 Å². The number of benzene rings is 2. The first-order valence-corrected chi connectivity index (χ1v) is 10.4. The second kappa shape index (κ2) is 7.34.